The summed E-state index contributed by atoms with van der Waals surface area (Å²) in [4.78, 5) is 25.2. The molecule has 0 radical (unpaired) electrons. The Bertz CT molecular complexity index is 786. The van der Waals surface area contributed by atoms with Crippen LogP contribution in [0.4, 0.5) is 15.5 Å². The van der Waals surface area contributed by atoms with Crippen molar-refractivity contribution in [2.75, 3.05) is 10.6 Å². The van der Waals surface area contributed by atoms with Crippen molar-refractivity contribution in [2.24, 2.45) is 11.7 Å². The van der Waals surface area contributed by atoms with Crippen molar-refractivity contribution < 1.29 is 9.59 Å². The van der Waals surface area contributed by atoms with E-state index in [9.17, 15) is 9.59 Å². The van der Waals surface area contributed by atoms with Gasteiger partial charge in [0, 0.05) is 15.6 Å². The Morgan fingerprint density at radius 1 is 1.25 bits per heavy atom. The predicted molar refractivity (Wildman–Crippen MR) is 98.1 cm³/mol. The van der Waals surface area contributed by atoms with Crippen molar-refractivity contribution in [2.45, 2.75) is 26.2 Å². The van der Waals surface area contributed by atoms with E-state index in [1.807, 2.05) is 0 Å². The highest BCUT2D eigenvalue weighted by atomic mass is 35.5. The number of hydrogen-bond donors (Lipinski definition) is 3. The largest absolute Gasteiger partial charge is 0.365 e. The maximum Gasteiger partial charge on any atom is 0.324 e. The number of carbonyl (C=O) groups is 2. The van der Waals surface area contributed by atoms with Gasteiger partial charge in [0.15, 0.2) is 0 Å². The lowest BCUT2D eigenvalue weighted by Crippen LogP contribution is -2.22. The number of hydrogen-bond acceptors (Lipinski definition) is 3. The molecule has 0 spiro atoms. The molecule has 5 nitrogen and oxygen atoms in total. The Morgan fingerprint density at radius 3 is 2.62 bits per heavy atom. The van der Waals surface area contributed by atoms with E-state index < -0.39 is 11.9 Å². The minimum atomic E-state index is -0.496. The molecule has 0 saturated heterocycles. The highest BCUT2D eigenvalue weighted by Crippen LogP contribution is 2.39. The van der Waals surface area contributed by atoms with Crippen LogP contribution >= 0.6 is 22.9 Å². The fourth-order valence-corrected chi connectivity index (χ4v) is 4.44. The molecule has 1 aliphatic rings. The van der Waals surface area contributed by atoms with Crippen LogP contribution in [0.1, 0.15) is 34.1 Å². The first-order chi connectivity index (χ1) is 11.4. The van der Waals surface area contributed by atoms with E-state index in [0.717, 1.165) is 29.7 Å². The number of primary amides is 1. The normalized spacial score (nSPS) is 16.3. The summed E-state index contributed by atoms with van der Waals surface area (Å²) in [5, 5.41) is 6.60. The zero-order chi connectivity index (χ0) is 17.3. The molecule has 1 aromatic carbocycles. The van der Waals surface area contributed by atoms with E-state index in [1.54, 1.807) is 24.3 Å². The molecule has 2 aromatic rings. The summed E-state index contributed by atoms with van der Waals surface area (Å²) in [7, 11) is 0. The first-order valence-corrected chi connectivity index (χ1v) is 8.91. The van der Waals surface area contributed by atoms with E-state index in [1.165, 1.54) is 11.3 Å². The Labute approximate surface area is 149 Å². The monoisotopic (exact) mass is 363 g/mol. The van der Waals surface area contributed by atoms with Crippen molar-refractivity contribution in [3.05, 3.63) is 45.3 Å². The van der Waals surface area contributed by atoms with Gasteiger partial charge in [-0.1, -0.05) is 18.5 Å². The third-order valence-electron chi connectivity index (χ3n) is 4.09. The van der Waals surface area contributed by atoms with E-state index in [4.69, 9.17) is 17.3 Å². The summed E-state index contributed by atoms with van der Waals surface area (Å²) in [5.74, 6) is 0.0801. The molecule has 0 aliphatic heterocycles. The molecule has 1 aliphatic carbocycles. The maximum atomic E-state index is 12.2. The van der Waals surface area contributed by atoms with Gasteiger partial charge in [-0.2, -0.15) is 0 Å². The van der Waals surface area contributed by atoms with Crippen LogP contribution in [-0.4, -0.2) is 11.9 Å². The molecule has 126 valence electrons. The molecule has 0 fully saturated rings. The van der Waals surface area contributed by atoms with Gasteiger partial charge in [-0.25, -0.2) is 4.79 Å². The SMILES string of the molecule is CC1CCc2c(sc(NC(=O)Nc3ccc(Cl)cc3)c2C(N)=O)C1. The summed E-state index contributed by atoms with van der Waals surface area (Å²) in [6.45, 7) is 2.19. The van der Waals surface area contributed by atoms with Crippen LogP contribution in [0.5, 0.6) is 0 Å². The molecule has 24 heavy (non-hydrogen) atoms. The van der Waals surface area contributed by atoms with Gasteiger partial charge in [0.1, 0.15) is 5.00 Å². The second-order valence-electron chi connectivity index (χ2n) is 6.01. The minimum absolute atomic E-state index is 0.411. The van der Waals surface area contributed by atoms with Crippen molar-refractivity contribution >= 4 is 45.6 Å². The van der Waals surface area contributed by atoms with E-state index in [0.29, 0.717) is 27.2 Å². The van der Waals surface area contributed by atoms with Gasteiger partial charge in [0.05, 0.1) is 5.56 Å². The van der Waals surface area contributed by atoms with E-state index >= 15 is 0 Å². The van der Waals surface area contributed by atoms with Crippen LogP contribution in [0.2, 0.25) is 5.02 Å². The van der Waals surface area contributed by atoms with Crippen LogP contribution in [0.3, 0.4) is 0 Å². The number of thiophene rings is 1. The minimum Gasteiger partial charge on any atom is -0.365 e. The number of carbonyl (C=O) groups excluding carboxylic acids is 2. The standard InChI is InChI=1S/C17H18ClN3O2S/c1-9-2-7-12-13(8-9)24-16(14(12)15(19)22)21-17(23)20-11-5-3-10(18)4-6-11/h3-6,9H,2,7-8H2,1H3,(H2,19,22)(H2,20,21,23). The van der Waals surface area contributed by atoms with Gasteiger partial charge in [-0.05, 0) is 55.0 Å². The number of urea groups is 1. The van der Waals surface area contributed by atoms with Crippen LogP contribution in [0.15, 0.2) is 24.3 Å². The molecule has 4 N–H and O–H groups in total. The lowest BCUT2D eigenvalue weighted by Gasteiger charge is -2.18. The van der Waals surface area contributed by atoms with Gasteiger partial charge in [0.2, 0.25) is 0 Å². The molecule has 3 rings (SSSR count). The van der Waals surface area contributed by atoms with E-state index in [2.05, 4.69) is 17.6 Å². The maximum absolute atomic E-state index is 12.2. The molecule has 7 heteroatoms. The van der Waals surface area contributed by atoms with Gasteiger partial charge in [-0.3, -0.25) is 10.1 Å². The van der Waals surface area contributed by atoms with Crippen LogP contribution < -0.4 is 16.4 Å². The average Bonchev–Trinajstić information content (AvgIpc) is 2.86. The smallest absolute Gasteiger partial charge is 0.324 e. The number of halogens is 1. The number of rotatable bonds is 3. The first-order valence-electron chi connectivity index (χ1n) is 7.72. The molecular weight excluding hydrogens is 346 g/mol. The molecule has 1 atom stereocenters. The van der Waals surface area contributed by atoms with Crippen molar-refractivity contribution in [3.63, 3.8) is 0 Å². The molecule has 0 bridgehead atoms. The second kappa shape index (κ2) is 6.83. The zero-order valence-electron chi connectivity index (χ0n) is 13.2. The lowest BCUT2D eigenvalue weighted by atomic mass is 9.88. The average molecular weight is 364 g/mol. The number of benzene rings is 1. The predicted octanol–water partition coefficient (Wildman–Crippen LogP) is 4.27. The molecule has 1 heterocycles. The fourth-order valence-electron chi connectivity index (χ4n) is 2.90. The summed E-state index contributed by atoms with van der Waals surface area (Å²) in [6, 6.07) is 6.39. The lowest BCUT2D eigenvalue weighted by molar-refractivity contribution is 0.100. The van der Waals surface area contributed by atoms with Gasteiger partial charge < -0.3 is 11.1 Å². The summed E-state index contributed by atoms with van der Waals surface area (Å²) < 4.78 is 0. The van der Waals surface area contributed by atoms with Crippen LogP contribution in [-0.2, 0) is 12.8 Å². The quantitative estimate of drug-likeness (QED) is 0.760. The van der Waals surface area contributed by atoms with Crippen molar-refractivity contribution in [1.82, 2.24) is 0 Å². The molecule has 3 amide bonds. The third-order valence-corrected chi connectivity index (χ3v) is 5.51. The van der Waals surface area contributed by atoms with Crippen molar-refractivity contribution in [1.29, 1.82) is 0 Å². The summed E-state index contributed by atoms with van der Waals surface area (Å²) in [6.07, 6.45) is 2.77. The Balaban J connectivity index is 1.80. The number of fused-ring (bicyclic) bond motifs is 1. The van der Waals surface area contributed by atoms with E-state index in [-0.39, 0.29) is 0 Å². The number of nitrogens with two attached hydrogens (primary N) is 1. The number of nitrogens with one attached hydrogen (secondary N) is 2. The van der Waals surface area contributed by atoms with Gasteiger partial charge >= 0.3 is 6.03 Å². The Kier molecular flexibility index (Phi) is 4.78. The number of amides is 3. The molecule has 0 saturated carbocycles. The molecule has 1 unspecified atom stereocenters. The summed E-state index contributed by atoms with van der Waals surface area (Å²) in [5.41, 5.74) is 7.61. The topological polar surface area (TPSA) is 84.2 Å². The number of anilines is 2. The zero-order valence-corrected chi connectivity index (χ0v) is 14.8. The molecule has 1 aromatic heterocycles. The Morgan fingerprint density at radius 2 is 1.96 bits per heavy atom. The highest BCUT2D eigenvalue weighted by molar-refractivity contribution is 7.17. The fraction of sp³-hybridized carbons (Fsp3) is 0.294. The van der Waals surface area contributed by atoms with Gasteiger partial charge in [-0.15, -0.1) is 11.3 Å². The van der Waals surface area contributed by atoms with Crippen LogP contribution in [0.25, 0.3) is 0 Å². The molecular formula is C17H18ClN3O2S. The Hall–Kier alpha value is -2.05. The summed E-state index contributed by atoms with van der Waals surface area (Å²) >= 11 is 7.27. The third kappa shape index (κ3) is 3.55. The van der Waals surface area contributed by atoms with Crippen molar-refractivity contribution in [3.8, 4) is 0 Å². The van der Waals surface area contributed by atoms with Gasteiger partial charge in [0.25, 0.3) is 5.91 Å². The first kappa shape index (κ1) is 16.8. The van der Waals surface area contributed by atoms with Crippen LogP contribution in [0, 0.1) is 5.92 Å². The highest BCUT2D eigenvalue weighted by Gasteiger charge is 2.27. The second-order valence-corrected chi connectivity index (χ2v) is 7.55.